The number of hydrogen-bond donors (Lipinski definition) is 0. The van der Waals surface area contributed by atoms with E-state index in [0.717, 1.165) is 11.1 Å². The first-order chi connectivity index (χ1) is 14.3. The molecule has 3 heteroatoms. The van der Waals surface area contributed by atoms with Crippen LogP contribution in [0, 0.1) is 13.8 Å². The van der Waals surface area contributed by atoms with Crippen molar-refractivity contribution in [2.75, 3.05) is 0 Å². The summed E-state index contributed by atoms with van der Waals surface area (Å²) >= 11 is 0. The van der Waals surface area contributed by atoms with Gasteiger partial charge in [0.05, 0.1) is 0 Å². The Labute approximate surface area is 225 Å². The number of rotatable bonds is 0. The molecule has 0 nitrogen and oxygen atoms in total. The average Bonchev–Trinajstić information content (AvgIpc) is 3.58. The Morgan fingerprint density at radius 2 is 0.625 bits per heavy atom. The van der Waals surface area contributed by atoms with Crippen LogP contribution in [0.15, 0.2) is 152 Å². The van der Waals surface area contributed by atoms with Crippen molar-refractivity contribution in [2.24, 2.45) is 0 Å². The maximum absolute atomic E-state index is 3.72. The standard InChI is InChI=1S/2C7H7.3C5H5.3Co/c2*1-7-5-3-2-4-6-7;3*1-2-4-5-3-1;;;/h2*2-6H,1H2;3*1-5H;;;/q2*-1;-5;2*-1;;;. The van der Waals surface area contributed by atoms with Crippen LogP contribution in [-0.2, 0) is 50.3 Å². The van der Waals surface area contributed by atoms with Gasteiger partial charge in [-0.15, -0.1) is 24.3 Å². The molecule has 0 spiro atoms. The molecule has 0 aromatic heterocycles. The normalized spacial score (nSPS) is 7.50. The molecule has 32 heavy (non-hydrogen) atoms. The Hall–Kier alpha value is -2.25. The zero-order valence-corrected chi connectivity index (χ0v) is 21.0. The fourth-order valence-electron chi connectivity index (χ4n) is 1.92. The van der Waals surface area contributed by atoms with Crippen LogP contribution < -0.4 is 0 Å². The summed E-state index contributed by atoms with van der Waals surface area (Å²) in [5.74, 6) is 0. The minimum absolute atomic E-state index is 0. The summed E-state index contributed by atoms with van der Waals surface area (Å²) in [6.07, 6.45) is 0. The van der Waals surface area contributed by atoms with Crippen molar-refractivity contribution in [3.8, 4) is 0 Å². The number of benzene rings is 2. The van der Waals surface area contributed by atoms with Crippen LogP contribution in [0.25, 0.3) is 0 Å². The van der Waals surface area contributed by atoms with E-state index < -0.39 is 0 Å². The van der Waals surface area contributed by atoms with E-state index in [0.29, 0.717) is 0 Å². The summed E-state index contributed by atoms with van der Waals surface area (Å²) in [7, 11) is 0. The first-order valence-electron chi connectivity index (χ1n) is 9.53. The molecular formula is C29H29Co3-9. The molecule has 3 radical (unpaired) electrons. The summed E-state index contributed by atoms with van der Waals surface area (Å²) in [5.41, 5.74) is 2.14. The summed E-state index contributed by atoms with van der Waals surface area (Å²) < 4.78 is 0. The van der Waals surface area contributed by atoms with Crippen molar-refractivity contribution in [1.82, 2.24) is 0 Å². The van der Waals surface area contributed by atoms with Gasteiger partial charge in [0.1, 0.15) is 0 Å². The smallest absolute Gasteiger partial charge is 0 e. The molecule has 0 aliphatic carbocycles. The predicted octanol–water partition coefficient (Wildman–Crippen LogP) is 7.95. The van der Waals surface area contributed by atoms with E-state index >= 15 is 0 Å². The minimum Gasteiger partial charge on any atom is -0.748 e. The summed E-state index contributed by atoms with van der Waals surface area (Å²) in [4.78, 5) is 0. The Balaban J connectivity index is -0.000000324. The van der Waals surface area contributed by atoms with Gasteiger partial charge in [0, 0.05) is 50.3 Å². The molecule has 0 saturated carbocycles. The maximum Gasteiger partial charge on any atom is 0 e. The van der Waals surface area contributed by atoms with Crippen LogP contribution in [-0.4, -0.2) is 0 Å². The third-order valence-corrected chi connectivity index (χ3v) is 3.35. The minimum atomic E-state index is 0. The van der Waals surface area contributed by atoms with Crippen molar-refractivity contribution in [3.63, 3.8) is 0 Å². The molecule has 0 bridgehead atoms. The van der Waals surface area contributed by atoms with Crippen LogP contribution in [0.4, 0.5) is 0 Å². The fraction of sp³-hybridized carbons (Fsp3) is 0. The molecule has 0 unspecified atom stereocenters. The van der Waals surface area contributed by atoms with Gasteiger partial charge >= 0.3 is 0 Å². The van der Waals surface area contributed by atoms with E-state index in [4.69, 9.17) is 0 Å². The predicted molar refractivity (Wildman–Crippen MR) is 128 cm³/mol. The van der Waals surface area contributed by atoms with Crippen LogP contribution >= 0.6 is 0 Å². The molecular weight excluding hydrogens is 525 g/mol. The van der Waals surface area contributed by atoms with Gasteiger partial charge in [0.15, 0.2) is 0 Å². The van der Waals surface area contributed by atoms with Gasteiger partial charge < -0.3 is 30.3 Å². The summed E-state index contributed by atoms with van der Waals surface area (Å²) in [5, 5.41) is 0. The van der Waals surface area contributed by atoms with E-state index in [1.165, 1.54) is 0 Å². The second-order valence-corrected chi connectivity index (χ2v) is 5.86. The van der Waals surface area contributed by atoms with Gasteiger partial charge in [0.25, 0.3) is 0 Å². The zero-order valence-electron chi connectivity index (χ0n) is 17.8. The summed E-state index contributed by atoms with van der Waals surface area (Å²) in [6, 6.07) is 49.7. The fourth-order valence-corrected chi connectivity index (χ4v) is 1.92. The van der Waals surface area contributed by atoms with Crippen molar-refractivity contribution >= 4 is 0 Å². The second-order valence-electron chi connectivity index (χ2n) is 5.86. The number of hydrogen-bond acceptors (Lipinski definition) is 0. The first kappa shape index (κ1) is 34.4. The molecule has 0 amide bonds. The third-order valence-electron chi connectivity index (χ3n) is 3.35. The van der Waals surface area contributed by atoms with Gasteiger partial charge in [-0.25, -0.2) is 24.3 Å². The molecule has 5 aromatic rings. The molecule has 5 rings (SSSR count). The Kier molecular flexibility index (Phi) is 28.8. The topological polar surface area (TPSA) is 0 Å². The molecule has 0 aliphatic heterocycles. The van der Waals surface area contributed by atoms with Gasteiger partial charge in [-0.1, -0.05) is 12.1 Å². The Morgan fingerprint density at radius 1 is 0.375 bits per heavy atom. The third kappa shape index (κ3) is 24.0. The molecule has 0 fully saturated rings. The van der Waals surface area contributed by atoms with E-state index in [-0.39, 0.29) is 50.3 Å². The monoisotopic (exact) mass is 554 g/mol. The van der Waals surface area contributed by atoms with E-state index in [1.54, 1.807) is 0 Å². The van der Waals surface area contributed by atoms with Gasteiger partial charge in [-0.05, 0) is 0 Å². The molecule has 0 heterocycles. The first-order valence-corrected chi connectivity index (χ1v) is 9.53. The zero-order chi connectivity index (χ0) is 20.8. The van der Waals surface area contributed by atoms with E-state index in [1.807, 2.05) is 152 Å². The van der Waals surface area contributed by atoms with Crippen molar-refractivity contribution < 1.29 is 50.3 Å². The van der Waals surface area contributed by atoms with Crippen LogP contribution in [0.5, 0.6) is 0 Å². The van der Waals surface area contributed by atoms with Crippen molar-refractivity contribution in [3.05, 3.63) is 177 Å². The second kappa shape index (κ2) is 26.8. The Bertz CT molecular complexity index is 697. The molecule has 0 saturated heterocycles. The average molecular weight is 554 g/mol. The summed E-state index contributed by atoms with van der Waals surface area (Å²) in [6.45, 7) is 7.44. The molecule has 0 aliphatic rings. The van der Waals surface area contributed by atoms with Gasteiger partial charge in [0.2, 0.25) is 0 Å². The maximum atomic E-state index is 3.72. The quantitative estimate of drug-likeness (QED) is 0.171. The van der Waals surface area contributed by atoms with Gasteiger partial charge in [-0.3, -0.25) is 0 Å². The van der Waals surface area contributed by atoms with Crippen molar-refractivity contribution in [1.29, 1.82) is 0 Å². The molecule has 181 valence electrons. The Morgan fingerprint density at radius 3 is 0.750 bits per heavy atom. The molecule has 0 atom stereocenters. The van der Waals surface area contributed by atoms with Crippen LogP contribution in [0.2, 0.25) is 0 Å². The largest absolute Gasteiger partial charge is 0.748 e. The van der Waals surface area contributed by atoms with Gasteiger partial charge in [-0.2, -0.15) is 85.6 Å². The molecule has 5 aromatic carbocycles. The van der Waals surface area contributed by atoms with E-state index in [9.17, 15) is 0 Å². The van der Waals surface area contributed by atoms with Crippen LogP contribution in [0.1, 0.15) is 11.1 Å². The van der Waals surface area contributed by atoms with Crippen molar-refractivity contribution in [2.45, 2.75) is 0 Å². The SMILES string of the molecule is [CH2-]c1ccccc1.[CH2-]c1ccccc1.[Co].[Co].[Co].[cH-]1[cH-][cH-][cH-][cH-]1.c1cc[cH-]c1.c1cc[cH-]c1. The van der Waals surface area contributed by atoms with Crippen LogP contribution in [0.3, 0.4) is 0 Å². The van der Waals surface area contributed by atoms with E-state index in [2.05, 4.69) is 13.8 Å². The molecule has 0 N–H and O–H groups in total.